The topological polar surface area (TPSA) is 102 Å². The first-order valence-electron chi connectivity index (χ1n) is 13.7. The summed E-state index contributed by atoms with van der Waals surface area (Å²) in [7, 11) is -2.03. The number of alkyl halides is 6. The molecule has 0 N–H and O–H groups in total. The van der Waals surface area contributed by atoms with Gasteiger partial charge < -0.3 is 14.2 Å². The van der Waals surface area contributed by atoms with Gasteiger partial charge in [0.1, 0.15) is 23.1 Å². The summed E-state index contributed by atoms with van der Waals surface area (Å²) in [5.74, 6) is -0.624. The van der Waals surface area contributed by atoms with Crippen LogP contribution in [-0.4, -0.2) is 74.5 Å². The summed E-state index contributed by atoms with van der Waals surface area (Å²) >= 11 is 0.381. The van der Waals surface area contributed by atoms with Gasteiger partial charge >= 0.3 is 12.4 Å². The largest absolute Gasteiger partial charge is 0.451 e. The zero-order chi connectivity index (χ0) is 32.8. The molecule has 44 heavy (non-hydrogen) atoms. The Labute approximate surface area is 255 Å². The Balaban J connectivity index is 1.47. The molecule has 242 valence electrons. The van der Waals surface area contributed by atoms with Crippen molar-refractivity contribution in [1.82, 2.24) is 34.6 Å². The lowest BCUT2D eigenvalue weighted by Gasteiger charge is -2.40. The Hall–Kier alpha value is -3.12. The van der Waals surface area contributed by atoms with Crippen molar-refractivity contribution in [1.29, 1.82) is 0 Å². The zero-order valence-corrected chi connectivity index (χ0v) is 27.2. The predicted octanol–water partition coefficient (Wildman–Crippen LogP) is 5.80. The van der Waals surface area contributed by atoms with Crippen LogP contribution in [0.4, 0.5) is 31.3 Å². The molecule has 4 heterocycles. The van der Waals surface area contributed by atoms with E-state index in [-0.39, 0.29) is 60.0 Å². The first-order valence-corrected chi connectivity index (χ1v) is 17.5. The minimum atomic E-state index is -4.80. The van der Waals surface area contributed by atoms with Crippen LogP contribution in [0.1, 0.15) is 50.2 Å². The van der Waals surface area contributed by atoms with E-state index >= 15 is 0 Å². The predicted molar refractivity (Wildman–Crippen MR) is 153 cm³/mol. The van der Waals surface area contributed by atoms with E-state index in [1.807, 2.05) is 0 Å². The van der Waals surface area contributed by atoms with E-state index in [2.05, 4.69) is 58.9 Å². The summed E-state index contributed by atoms with van der Waals surface area (Å²) in [5, 5.41) is 3.43. The van der Waals surface area contributed by atoms with Gasteiger partial charge in [0.2, 0.25) is 16.7 Å². The van der Waals surface area contributed by atoms with Gasteiger partial charge in [0.25, 0.3) is 0 Å². The molecule has 1 aliphatic rings. The van der Waals surface area contributed by atoms with Gasteiger partial charge in [-0.3, -0.25) is 4.79 Å². The minimum Gasteiger partial charge on any atom is -0.409 e. The van der Waals surface area contributed by atoms with Crippen molar-refractivity contribution >= 4 is 30.6 Å². The van der Waals surface area contributed by atoms with Crippen LogP contribution < -0.4 is 4.90 Å². The molecule has 3 aromatic rings. The van der Waals surface area contributed by atoms with E-state index in [1.54, 1.807) is 23.6 Å². The second kappa shape index (κ2) is 12.0. The van der Waals surface area contributed by atoms with Gasteiger partial charge in [0.15, 0.2) is 14.1 Å². The van der Waals surface area contributed by atoms with Gasteiger partial charge in [0.05, 0.1) is 6.61 Å². The van der Waals surface area contributed by atoms with E-state index in [4.69, 9.17) is 4.43 Å². The maximum absolute atomic E-state index is 13.6. The average Bonchev–Trinajstić information content (AvgIpc) is 3.50. The van der Waals surface area contributed by atoms with E-state index in [0.29, 0.717) is 23.0 Å². The maximum atomic E-state index is 13.6. The van der Waals surface area contributed by atoms with E-state index in [1.165, 1.54) is 4.68 Å². The summed E-state index contributed by atoms with van der Waals surface area (Å²) in [6, 6.07) is -0.408. The molecule has 18 heteroatoms. The molecular weight excluding hydrogens is 630 g/mol. The summed E-state index contributed by atoms with van der Waals surface area (Å²) in [4.78, 5) is 31.2. The molecule has 10 nitrogen and oxygen atoms in total. The fourth-order valence-corrected chi connectivity index (χ4v) is 6.23. The maximum Gasteiger partial charge on any atom is 0.451 e. The molecule has 3 aromatic heterocycles. The highest BCUT2D eigenvalue weighted by molar-refractivity contribution is 7.16. The number of rotatable bonds is 7. The number of amides is 1. The Bertz CT molecular complexity index is 1480. The van der Waals surface area contributed by atoms with E-state index < -0.39 is 37.5 Å². The van der Waals surface area contributed by atoms with E-state index in [9.17, 15) is 31.1 Å². The molecule has 1 aliphatic heterocycles. The lowest BCUT2D eigenvalue weighted by Crippen LogP contribution is -2.54. The number of nitrogens with zero attached hydrogens (tertiary/aromatic N) is 8. The third-order valence-corrected chi connectivity index (χ3v) is 13.5. The van der Waals surface area contributed by atoms with Crippen LogP contribution in [0.5, 0.6) is 0 Å². The highest BCUT2D eigenvalue weighted by Crippen LogP contribution is 2.43. The summed E-state index contributed by atoms with van der Waals surface area (Å²) in [6.07, 6.45) is -7.95. The number of carbonyl (C=O) groups excluding carboxylic acids is 1. The summed E-state index contributed by atoms with van der Waals surface area (Å²) < 4.78 is 87.3. The molecule has 0 aliphatic carbocycles. The molecule has 0 saturated carbocycles. The average molecular weight is 665 g/mol. The van der Waals surface area contributed by atoms with Crippen molar-refractivity contribution in [2.24, 2.45) is 0 Å². The van der Waals surface area contributed by atoms with Crippen molar-refractivity contribution in [2.45, 2.75) is 84.3 Å². The van der Waals surface area contributed by atoms with Gasteiger partial charge in [-0.05, 0) is 32.0 Å². The van der Waals surface area contributed by atoms with Crippen LogP contribution in [0.2, 0.25) is 18.1 Å². The SMILES string of the molecule is Cc1nc(CO[Si](C)(C)C(C)(C)C)nn1CC(=O)N1CCN(c2sc(C(F)(F)F)nc2-c2cnc(C(F)(F)F)nc2)C[C@H]1C. The summed E-state index contributed by atoms with van der Waals surface area (Å²) in [6.45, 7) is 14.8. The van der Waals surface area contributed by atoms with Crippen LogP contribution in [0.25, 0.3) is 11.3 Å². The van der Waals surface area contributed by atoms with Crippen LogP contribution in [0.15, 0.2) is 12.4 Å². The number of anilines is 1. The Morgan fingerprint density at radius 3 is 2.23 bits per heavy atom. The molecule has 1 saturated heterocycles. The third-order valence-electron chi connectivity index (χ3n) is 7.82. The van der Waals surface area contributed by atoms with Crippen molar-refractivity contribution in [2.75, 3.05) is 24.5 Å². The smallest absolute Gasteiger partial charge is 0.409 e. The molecule has 0 spiro atoms. The molecular formula is C26H34F6N8O2SSi. The Morgan fingerprint density at radius 2 is 1.68 bits per heavy atom. The molecule has 1 amide bonds. The van der Waals surface area contributed by atoms with Crippen molar-refractivity contribution in [3.05, 3.63) is 34.9 Å². The van der Waals surface area contributed by atoms with Gasteiger partial charge in [-0.15, -0.1) is 0 Å². The Morgan fingerprint density at radius 1 is 1.05 bits per heavy atom. The second-order valence-corrected chi connectivity index (χ2v) is 17.9. The zero-order valence-electron chi connectivity index (χ0n) is 25.3. The highest BCUT2D eigenvalue weighted by atomic mass is 32.1. The quantitative estimate of drug-likeness (QED) is 0.231. The molecule has 1 fully saturated rings. The first-order chi connectivity index (χ1) is 20.2. The fraction of sp³-hybridized carbons (Fsp3) is 0.615. The number of carbonyl (C=O) groups is 1. The lowest BCUT2D eigenvalue weighted by atomic mass is 10.1. The number of hydrogen-bond acceptors (Lipinski definition) is 9. The number of halogens is 6. The normalized spacial score (nSPS) is 17.0. The lowest BCUT2D eigenvalue weighted by molar-refractivity contribution is -0.145. The van der Waals surface area contributed by atoms with Crippen molar-refractivity contribution in [3.63, 3.8) is 0 Å². The van der Waals surface area contributed by atoms with E-state index in [0.717, 1.165) is 12.4 Å². The number of hydrogen-bond donors (Lipinski definition) is 0. The number of aromatic nitrogens is 6. The van der Waals surface area contributed by atoms with Crippen LogP contribution >= 0.6 is 11.3 Å². The molecule has 4 rings (SSSR count). The molecule has 0 aromatic carbocycles. The van der Waals surface area contributed by atoms with Crippen LogP contribution in [-0.2, 0) is 34.7 Å². The highest BCUT2D eigenvalue weighted by Gasteiger charge is 2.40. The standard InChI is InChI=1S/C26H34F6N8O2SSi/c1-15-12-38(21-20(36-23(43-21)26(30,31)32)17-10-33-22(34-11-17)25(27,28)29)8-9-39(15)19(41)13-40-16(2)35-18(37-40)14-42-44(6,7)24(3,4)5/h10-11,15H,8-9,12-14H2,1-7H3/t15-/m1/s1. The first kappa shape index (κ1) is 33.8. The Kier molecular flexibility index (Phi) is 9.21. The second-order valence-electron chi connectivity index (χ2n) is 12.1. The molecule has 0 radical (unpaired) electrons. The van der Waals surface area contributed by atoms with Gasteiger partial charge in [0, 0.05) is 43.6 Å². The third kappa shape index (κ3) is 7.39. The molecule has 1 atom stereocenters. The molecule has 0 unspecified atom stereocenters. The number of thiazole rings is 1. The number of aryl methyl sites for hydroxylation is 1. The monoisotopic (exact) mass is 664 g/mol. The summed E-state index contributed by atoms with van der Waals surface area (Å²) in [5.41, 5.74) is -0.255. The molecule has 0 bridgehead atoms. The van der Waals surface area contributed by atoms with Crippen molar-refractivity contribution in [3.8, 4) is 11.3 Å². The van der Waals surface area contributed by atoms with Crippen LogP contribution in [0.3, 0.4) is 0 Å². The fourth-order valence-electron chi connectivity index (χ4n) is 4.31. The van der Waals surface area contributed by atoms with Gasteiger partial charge in [-0.25, -0.2) is 24.6 Å². The van der Waals surface area contributed by atoms with Crippen LogP contribution in [0, 0.1) is 6.92 Å². The minimum absolute atomic E-state index is 0.0125. The van der Waals surface area contributed by atoms with Gasteiger partial charge in [-0.2, -0.15) is 31.4 Å². The van der Waals surface area contributed by atoms with Gasteiger partial charge in [-0.1, -0.05) is 32.1 Å². The number of piperazine rings is 1. The van der Waals surface area contributed by atoms with Crippen molar-refractivity contribution < 1.29 is 35.6 Å².